The van der Waals surface area contributed by atoms with Crippen LogP contribution < -0.4 is 9.80 Å². The number of hydrogen-bond acceptors (Lipinski definition) is 3. The third kappa shape index (κ3) is 5.38. The first-order valence-electron chi connectivity index (χ1n) is 22.6. The molecule has 0 bridgehead atoms. The number of rotatable bonds is 6. The third-order valence-electron chi connectivity index (χ3n) is 14.0. The molecule has 0 aliphatic heterocycles. The predicted octanol–water partition coefficient (Wildman–Crippen LogP) is 16.9. The second kappa shape index (κ2) is 14.6. The van der Waals surface area contributed by atoms with E-state index in [1.807, 2.05) is 11.3 Å². The molecule has 0 N–H and O–H groups in total. The molecule has 4 aliphatic rings. The summed E-state index contributed by atoms with van der Waals surface area (Å²) in [5.41, 5.74) is 17.3. The summed E-state index contributed by atoms with van der Waals surface area (Å²) in [7, 11) is 0. The molecule has 1 aromatic heterocycles. The molecule has 304 valence electrons. The number of para-hydroxylation sites is 2. The lowest BCUT2D eigenvalue weighted by Crippen LogP contribution is -2.27. The standard InChI is InChI=1S/C61H44N2S/c1-40-19-18-31-52-58-60(64-59(40)52)53-38-45(63(44-25-6-2-3-7-26-44)57-37-41-20-12-13-27-47(41)48-28-14-15-30-51(48)57)34-36-55(53)61(58)54-32-17-16-29-49(54)50-35-33-46(39-56(50)61)62(42-21-8-4-9-22-42)43-23-10-5-11-24-43/h2,4-18,20-40H,3,19H2,1H3. The van der Waals surface area contributed by atoms with Crippen molar-refractivity contribution in [3.63, 3.8) is 0 Å². The summed E-state index contributed by atoms with van der Waals surface area (Å²) < 4.78 is 0. The van der Waals surface area contributed by atoms with Crippen molar-refractivity contribution in [3.8, 4) is 21.6 Å². The molecule has 4 aliphatic carbocycles. The molecule has 0 saturated carbocycles. The highest BCUT2D eigenvalue weighted by atomic mass is 32.1. The lowest BCUT2D eigenvalue weighted by atomic mass is 9.69. The van der Waals surface area contributed by atoms with Gasteiger partial charge in [-0.2, -0.15) is 0 Å². The first kappa shape index (κ1) is 37.1. The Labute approximate surface area is 378 Å². The molecule has 1 heterocycles. The Morgan fingerprint density at radius 3 is 2.02 bits per heavy atom. The Bertz CT molecular complexity index is 3440. The van der Waals surface area contributed by atoms with Crippen LogP contribution in [-0.2, 0) is 5.41 Å². The van der Waals surface area contributed by atoms with E-state index in [1.54, 1.807) is 0 Å². The summed E-state index contributed by atoms with van der Waals surface area (Å²) in [5, 5.41) is 5.01. The van der Waals surface area contributed by atoms with Crippen molar-refractivity contribution in [2.24, 2.45) is 0 Å². The molecule has 2 unspecified atom stereocenters. The van der Waals surface area contributed by atoms with E-state index >= 15 is 0 Å². The number of nitrogens with zero attached hydrogens (tertiary/aromatic N) is 2. The van der Waals surface area contributed by atoms with Gasteiger partial charge in [0.2, 0.25) is 0 Å². The predicted molar refractivity (Wildman–Crippen MR) is 272 cm³/mol. The van der Waals surface area contributed by atoms with Gasteiger partial charge in [-0.15, -0.1) is 11.3 Å². The molecule has 2 nitrogen and oxygen atoms in total. The van der Waals surface area contributed by atoms with Gasteiger partial charge < -0.3 is 9.80 Å². The fourth-order valence-corrected chi connectivity index (χ4v) is 12.7. The summed E-state index contributed by atoms with van der Waals surface area (Å²) in [4.78, 5) is 7.81. The summed E-state index contributed by atoms with van der Waals surface area (Å²) in [6, 6.07) is 65.6. The molecule has 0 fully saturated rings. The minimum absolute atomic E-state index is 0.446. The molecular weight excluding hydrogens is 793 g/mol. The highest BCUT2D eigenvalue weighted by Crippen LogP contribution is 2.67. The second-order valence-corrected chi connectivity index (χ2v) is 18.6. The minimum atomic E-state index is -0.514. The first-order chi connectivity index (χ1) is 31.7. The van der Waals surface area contributed by atoms with Crippen LogP contribution in [0.2, 0.25) is 0 Å². The average molecular weight is 837 g/mol. The van der Waals surface area contributed by atoms with Crippen LogP contribution in [0.3, 0.4) is 0 Å². The van der Waals surface area contributed by atoms with E-state index in [4.69, 9.17) is 0 Å². The lowest BCUT2D eigenvalue weighted by molar-refractivity contribution is 0.765. The Balaban J connectivity index is 1.10. The van der Waals surface area contributed by atoms with Crippen molar-refractivity contribution in [2.45, 2.75) is 31.1 Å². The zero-order chi connectivity index (χ0) is 42.4. The molecule has 0 saturated heterocycles. The van der Waals surface area contributed by atoms with Gasteiger partial charge >= 0.3 is 0 Å². The molecule has 2 atom stereocenters. The number of anilines is 5. The smallest absolute Gasteiger partial charge is 0.0740 e. The van der Waals surface area contributed by atoms with Crippen molar-refractivity contribution in [2.75, 3.05) is 9.80 Å². The maximum atomic E-state index is 2.52. The van der Waals surface area contributed by atoms with E-state index in [2.05, 4.69) is 235 Å². The van der Waals surface area contributed by atoms with Crippen molar-refractivity contribution in [3.05, 3.63) is 251 Å². The molecule has 3 heteroatoms. The summed E-state index contributed by atoms with van der Waals surface area (Å²) in [5.74, 6) is 0.446. The summed E-state index contributed by atoms with van der Waals surface area (Å²) in [6.45, 7) is 2.41. The minimum Gasteiger partial charge on any atom is -0.310 e. The highest BCUT2D eigenvalue weighted by molar-refractivity contribution is 7.16. The van der Waals surface area contributed by atoms with Crippen LogP contribution in [-0.4, -0.2) is 0 Å². The molecule has 8 aromatic carbocycles. The zero-order valence-corrected chi connectivity index (χ0v) is 36.4. The van der Waals surface area contributed by atoms with Gasteiger partial charge in [-0.1, -0.05) is 159 Å². The van der Waals surface area contributed by atoms with Gasteiger partial charge in [-0.25, -0.2) is 0 Å². The monoisotopic (exact) mass is 836 g/mol. The first-order valence-corrected chi connectivity index (χ1v) is 23.4. The van der Waals surface area contributed by atoms with Gasteiger partial charge in [0.15, 0.2) is 0 Å². The van der Waals surface area contributed by atoms with Crippen LogP contribution in [0.5, 0.6) is 0 Å². The Morgan fingerprint density at radius 1 is 0.516 bits per heavy atom. The second-order valence-electron chi connectivity index (χ2n) is 17.5. The quantitative estimate of drug-likeness (QED) is 0.154. The number of benzene rings is 8. The van der Waals surface area contributed by atoms with Gasteiger partial charge in [0, 0.05) is 43.6 Å². The van der Waals surface area contributed by atoms with E-state index < -0.39 is 5.41 Å². The molecular formula is C61H44N2S. The van der Waals surface area contributed by atoms with Crippen LogP contribution >= 0.6 is 11.3 Å². The van der Waals surface area contributed by atoms with Crippen LogP contribution in [0.15, 0.2) is 218 Å². The van der Waals surface area contributed by atoms with Gasteiger partial charge in [-0.3, -0.25) is 0 Å². The molecule has 0 amide bonds. The molecule has 64 heavy (non-hydrogen) atoms. The maximum Gasteiger partial charge on any atom is 0.0740 e. The van der Waals surface area contributed by atoms with E-state index in [0.29, 0.717) is 5.92 Å². The molecule has 13 rings (SSSR count). The Morgan fingerprint density at radius 2 is 1.19 bits per heavy atom. The third-order valence-corrected chi connectivity index (χ3v) is 15.5. The number of allylic oxidation sites excluding steroid dienone is 6. The van der Waals surface area contributed by atoms with Crippen LogP contribution in [0, 0.1) is 0 Å². The van der Waals surface area contributed by atoms with Crippen molar-refractivity contribution in [1.82, 2.24) is 0 Å². The number of hydrogen-bond donors (Lipinski definition) is 0. The summed E-state index contributed by atoms with van der Waals surface area (Å²) in [6.07, 6.45) is 18.1. The molecule has 1 spiro atoms. The van der Waals surface area contributed by atoms with Crippen molar-refractivity contribution >= 4 is 67.4 Å². The Hall–Kier alpha value is -7.46. The summed E-state index contributed by atoms with van der Waals surface area (Å²) >= 11 is 2.03. The average Bonchev–Trinajstić information content (AvgIpc) is 3.87. The van der Waals surface area contributed by atoms with Gasteiger partial charge in [-0.05, 0) is 146 Å². The van der Waals surface area contributed by atoms with E-state index in [9.17, 15) is 0 Å². The van der Waals surface area contributed by atoms with Crippen LogP contribution in [0.25, 0.3) is 49.2 Å². The van der Waals surface area contributed by atoms with Crippen LogP contribution in [0.4, 0.5) is 28.4 Å². The maximum absolute atomic E-state index is 2.52. The van der Waals surface area contributed by atoms with Crippen LogP contribution in [0.1, 0.15) is 58.4 Å². The van der Waals surface area contributed by atoms with E-state index in [0.717, 1.165) is 41.3 Å². The van der Waals surface area contributed by atoms with Gasteiger partial charge in [0.1, 0.15) is 0 Å². The number of fused-ring (bicyclic) bond motifs is 15. The largest absolute Gasteiger partial charge is 0.310 e. The van der Waals surface area contributed by atoms with Crippen molar-refractivity contribution < 1.29 is 0 Å². The lowest BCUT2D eigenvalue weighted by Gasteiger charge is -2.34. The molecule has 9 aromatic rings. The Kier molecular flexibility index (Phi) is 8.44. The van der Waals surface area contributed by atoms with E-state index in [-0.39, 0.29) is 0 Å². The normalized spacial score (nSPS) is 17.5. The van der Waals surface area contributed by atoms with Gasteiger partial charge in [0.25, 0.3) is 0 Å². The van der Waals surface area contributed by atoms with E-state index in [1.165, 1.54) is 81.5 Å². The SMILES string of the molecule is CC1CC=Cc2c1sc1c2C2(c3ccccc3-c3ccc(N(c4ccccc4)c4ccccc4)cc32)c2ccc(N(C3=CC=CCC=C3)c3cc4ccccc4c4ccccc34)cc2-1. The number of thiophene rings is 1. The fraction of sp³-hybridized carbons (Fsp3) is 0.0820. The van der Waals surface area contributed by atoms with Gasteiger partial charge in [0.05, 0.1) is 11.1 Å². The molecule has 0 radical (unpaired) electrons. The fourth-order valence-electron chi connectivity index (χ4n) is 11.3. The topological polar surface area (TPSA) is 6.48 Å². The zero-order valence-electron chi connectivity index (χ0n) is 35.6. The van der Waals surface area contributed by atoms with Crippen molar-refractivity contribution in [1.29, 1.82) is 0 Å². The highest BCUT2D eigenvalue weighted by Gasteiger charge is 2.54.